The van der Waals surface area contributed by atoms with Crippen LogP contribution in [0.3, 0.4) is 0 Å². The summed E-state index contributed by atoms with van der Waals surface area (Å²) in [5.41, 5.74) is 2.09. The third-order valence-electron chi connectivity index (χ3n) is 3.40. The lowest BCUT2D eigenvalue weighted by molar-refractivity contribution is 0.336. The molecule has 0 bridgehead atoms. The van der Waals surface area contributed by atoms with Crippen LogP contribution in [0.5, 0.6) is 5.75 Å². The highest BCUT2D eigenvalue weighted by molar-refractivity contribution is 6.30. The van der Waals surface area contributed by atoms with Crippen LogP contribution in [0.25, 0.3) is 0 Å². The Bertz CT molecular complexity index is 661. The molecule has 0 aliphatic rings. The van der Waals surface area contributed by atoms with Gasteiger partial charge in [-0.3, -0.25) is 9.98 Å². The lowest BCUT2D eigenvalue weighted by atomic mass is 10.2. The molecule has 1 aromatic carbocycles. The molecule has 0 amide bonds. The summed E-state index contributed by atoms with van der Waals surface area (Å²) < 4.78 is 5.63. The molecule has 0 aliphatic carbocycles. The number of hydrogen-bond acceptors (Lipinski definition) is 3. The molecule has 0 unspecified atom stereocenters. The van der Waals surface area contributed by atoms with E-state index in [1.165, 1.54) is 0 Å². The highest BCUT2D eigenvalue weighted by atomic mass is 35.5. The molecule has 2 rings (SSSR count). The summed E-state index contributed by atoms with van der Waals surface area (Å²) in [4.78, 5) is 8.54. The number of aliphatic imine (C=N–C) groups is 1. The quantitative estimate of drug-likeness (QED) is 0.597. The zero-order valence-corrected chi connectivity index (χ0v) is 14.8. The Morgan fingerprint density at radius 2 is 2.12 bits per heavy atom. The first kappa shape index (κ1) is 18.1. The molecule has 2 aromatic rings. The Morgan fingerprint density at radius 3 is 2.83 bits per heavy atom. The van der Waals surface area contributed by atoms with Crippen molar-refractivity contribution in [1.82, 2.24) is 15.6 Å². The van der Waals surface area contributed by atoms with E-state index in [1.54, 1.807) is 13.2 Å². The van der Waals surface area contributed by atoms with Gasteiger partial charge in [0, 0.05) is 49.0 Å². The van der Waals surface area contributed by atoms with Crippen molar-refractivity contribution >= 4 is 17.6 Å². The number of ether oxygens (including phenoxy) is 1. The topological polar surface area (TPSA) is 58.5 Å². The van der Waals surface area contributed by atoms with Gasteiger partial charge in [-0.25, -0.2) is 0 Å². The average Bonchev–Trinajstić information content (AvgIpc) is 2.60. The van der Waals surface area contributed by atoms with Crippen molar-refractivity contribution in [3.05, 3.63) is 58.9 Å². The standard InChI is InChI=1S/C18H23ClN4O/c1-3-24-17-12-15(19)8-7-14(17)13-23-18(20-2)22-11-9-16-6-4-5-10-21-16/h4-8,10,12H,3,9,11,13H2,1-2H3,(H2,20,22,23). The molecule has 2 N–H and O–H groups in total. The van der Waals surface area contributed by atoms with Gasteiger partial charge >= 0.3 is 0 Å². The SMILES string of the molecule is CCOc1cc(Cl)ccc1CNC(=NC)NCCc1ccccn1. The summed E-state index contributed by atoms with van der Waals surface area (Å²) in [6.45, 7) is 3.92. The molecule has 0 atom stereocenters. The highest BCUT2D eigenvalue weighted by Crippen LogP contribution is 2.23. The second-order valence-electron chi connectivity index (χ2n) is 5.11. The van der Waals surface area contributed by atoms with Crippen LogP contribution < -0.4 is 15.4 Å². The number of guanidine groups is 1. The van der Waals surface area contributed by atoms with E-state index in [1.807, 2.05) is 43.3 Å². The maximum Gasteiger partial charge on any atom is 0.191 e. The molecule has 0 aliphatic heterocycles. The molecule has 0 saturated heterocycles. The van der Waals surface area contributed by atoms with Crippen molar-refractivity contribution in [2.45, 2.75) is 19.9 Å². The molecule has 0 spiro atoms. The van der Waals surface area contributed by atoms with Crippen LogP contribution in [-0.2, 0) is 13.0 Å². The number of halogens is 1. The van der Waals surface area contributed by atoms with Crippen LogP contribution in [0, 0.1) is 0 Å². The Morgan fingerprint density at radius 1 is 1.25 bits per heavy atom. The maximum absolute atomic E-state index is 6.03. The molecule has 5 nitrogen and oxygen atoms in total. The highest BCUT2D eigenvalue weighted by Gasteiger charge is 2.06. The zero-order valence-electron chi connectivity index (χ0n) is 14.1. The molecule has 128 valence electrons. The summed E-state index contributed by atoms with van der Waals surface area (Å²) >= 11 is 6.03. The van der Waals surface area contributed by atoms with Crippen molar-refractivity contribution in [3.63, 3.8) is 0 Å². The largest absolute Gasteiger partial charge is 0.493 e. The number of nitrogens with zero attached hydrogens (tertiary/aromatic N) is 2. The van der Waals surface area contributed by atoms with Crippen LogP contribution >= 0.6 is 11.6 Å². The monoisotopic (exact) mass is 346 g/mol. The van der Waals surface area contributed by atoms with Gasteiger partial charge in [-0.1, -0.05) is 23.7 Å². The molecule has 1 heterocycles. The first-order valence-electron chi connectivity index (χ1n) is 7.98. The van der Waals surface area contributed by atoms with E-state index < -0.39 is 0 Å². The van der Waals surface area contributed by atoms with E-state index in [0.29, 0.717) is 18.2 Å². The molecule has 1 aromatic heterocycles. The minimum atomic E-state index is 0.602. The van der Waals surface area contributed by atoms with Crippen LogP contribution in [-0.4, -0.2) is 31.1 Å². The molecule has 6 heteroatoms. The van der Waals surface area contributed by atoms with Crippen molar-refractivity contribution in [2.75, 3.05) is 20.2 Å². The van der Waals surface area contributed by atoms with Crippen molar-refractivity contribution in [2.24, 2.45) is 4.99 Å². The number of pyridine rings is 1. The molecular formula is C18H23ClN4O. The Kier molecular flexibility index (Phi) is 7.36. The van der Waals surface area contributed by atoms with Crippen LogP contribution in [0.2, 0.25) is 5.02 Å². The predicted octanol–water partition coefficient (Wildman–Crippen LogP) is 3.04. The number of rotatable bonds is 7. The molecular weight excluding hydrogens is 324 g/mol. The fraction of sp³-hybridized carbons (Fsp3) is 0.333. The van der Waals surface area contributed by atoms with Crippen LogP contribution in [0.4, 0.5) is 0 Å². The van der Waals surface area contributed by atoms with Gasteiger partial charge in [0.25, 0.3) is 0 Å². The summed E-state index contributed by atoms with van der Waals surface area (Å²) in [6, 6.07) is 11.6. The minimum Gasteiger partial charge on any atom is -0.493 e. The Balaban J connectivity index is 1.85. The first-order valence-corrected chi connectivity index (χ1v) is 8.36. The number of nitrogens with one attached hydrogen (secondary N) is 2. The van der Waals surface area contributed by atoms with Crippen molar-refractivity contribution in [1.29, 1.82) is 0 Å². The van der Waals surface area contributed by atoms with Gasteiger partial charge in [-0.05, 0) is 31.2 Å². The summed E-state index contributed by atoms with van der Waals surface area (Å²) in [5, 5.41) is 7.24. The minimum absolute atomic E-state index is 0.602. The maximum atomic E-state index is 6.03. The van der Waals surface area contributed by atoms with Crippen molar-refractivity contribution < 1.29 is 4.74 Å². The summed E-state index contributed by atoms with van der Waals surface area (Å²) in [6.07, 6.45) is 2.64. The van der Waals surface area contributed by atoms with E-state index in [4.69, 9.17) is 16.3 Å². The lowest BCUT2D eigenvalue weighted by Crippen LogP contribution is -2.38. The van der Waals surface area contributed by atoms with Gasteiger partial charge in [0.05, 0.1) is 6.61 Å². The average molecular weight is 347 g/mol. The zero-order chi connectivity index (χ0) is 17.2. The second kappa shape index (κ2) is 9.78. The smallest absolute Gasteiger partial charge is 0.191 e. The summed E-state index contributed by atoms with van der Waals surface area (Å²) in [5.74, 6) is 1.53. The Labute approximate surface area is 148 Å². The number of hydrogen-bond donors (Lipinski definition) is 2. The fourth-order valence-electron chi connectivity index (χ4n) is 2.22. The van der Waals surface area contributed by atoms with E-state index >= 15 is 0 Å². The van der Waals surface area contributed by atoms with E-state index in [0.717, 1.165) is 35.9 Å². The van der Waals surface area contributed by atoms with E-state index in [9.17, 15) is 0 Å². The van der Waals surface area contributed by atoms with E-state index in [-0.39, 0.29) is 0 Å². The lowest BCUT2D eigenvalue weighted by Gasteiger charge is -2.14. The van der Waals surface area contributed by atoms with Gasteiger partial charge in [-0.15, -0.1) is 0 Å². The third-order valence-corrected chi connectivity index (χ3v) is 3.63. The van der Waals surface area contributed by atoms with Crippen LogP contribution in [0.15, 0.2) is 47.6 Å². The van der Waals surface area contributed by atoms with E-state index in [2.05, 4.69) is 20.6 Å². The van der Waals surface area contributed by atoms with Gasteiger partial charge in [-0.2, -0.15) is 0 Å². The molecule has 0 fully saturated rings. The fourth-order valence-corrected chi connectivity index (χ4v) is 2.38. The van der Waals surface area contributed by atoms with Gasteiger partial charge in [0.2, 0.25) is 0 Å². The normalized spacial score (nSPS) is 11.2. The van der Waals surface area contributed by atoms with Crippen molar-refractivity contribution in [3.8, 4) is 5.75 Å². The molecule has 0 saturated carbocycles. The molecule has 0 radical (unpaired) electrons. The number of benzene rings is 1. The van der Waals surface area contributed by atoms with Gasteiger partial charge in [0.15, 0.2) is 5.96 Å². The van der Waals surface area contributed by atoms with Gasteiger partial charge in [0.1, 0.15) is 5.75 Å². The number of aromatic nitrogens is 1. The Hall–Kier alpha value is -2.27. The van der Waals surface area contributed by atoms with Gasteiger partial charge < -0.3 is 15.4 Å². The predicted molar refractivity (Wildman–Crippen MR) is 98.8 cm³/mol. The summed E-state index contributed by atoms with van der Waals surface area (Å²) in [7, 11) is 1.75. The first-order chi connectivity index (χ1) is 11.7. The second-order valence-corrected chi connectivity index (χ2v) is 5.55. The third kappa shape index (κ3) is 5.74. The molecule has 24 heavy (non-hydrogen) atoms. The van der Waals surface area contributed by atoms with Crippen LogP contribution in [0.1, 0.15) is 18.2 Å².